The number of rotatable bonds is 4. The highest BCUT2D eigenvalue weighted by Gasteiger charge is 2.09. The number of nitrogens with one attached hydrogen (secondary N) is 1. The Hall–Kier alpha value is -1.51. The molecule has 1 aromatic rings. The number of sulfonamides is 1. The topological polar surface area (TPSA) is 72.2 Å². The lowest BCUT2D eigenvalue weighted by Crippen LogP contribution is -2.16. The standard InChI is InChI=1S/C13H18N2O2S/c1-3-7-18(16,17)15-13-9-11(2)8-12(10-13)5-4-6-14/h8-10,15H,3,6-7,14H2,1-2H3. The largest absolute Gasteiger partial charge is 0.320 e. The number of hydrogen-bond donors (Lipinski definition) is 2. The second-order valence-corrected chi connectivity index (χ2v) is 5.86. The highest BCUT2D eigenvalue weighted by atomic mass is 32.2. The minimum Gasteiger partial charge on any atom is -0.320 e. The molecule has 0 amide bonds. The fourth-order valence-corrected chi connectivity index (χ4v) is 2.68. The summed E-state index contributed by atoms with van der Waals surface area (Å²) in [6, 6.07) is 5.38. The van der Waals surface area contributed by atoms with Crippen LogP contribution < -0.4 is 10.5 Å². The monoisotopic (exact) mass is 266 g/mol. The maximum Gasteiger partial charge on any atom is 0.232 e. The Morgan fingerprint density at radius 3 is 2.67 bits per heavy atom. The first-order valence-corrected chi connectivity index (χ1v) is 7.43. The summed E-state index contributed by atoms with van der Waals surface area (Å²) in [5, 5.41) is 0. The van der Waals surface area contributed by atoms with Crippen molar-refractivity contribution in [1.82, 2.24) is 0 Å². The molecule has 0 heterocycles. The van der Waals surface area contributed by atoms with Crippen LogP contribution in [0.15, 0.2) is 18.2 Å². The SMILES string of the molecule is CCCS(=O)(=O)Nc1cc(C)cc(C#CCN)c1. The van der Waals surface area contributed by atoms with Gasteiger partial charge in [0.05, 0.1) is 12.3 Å². The minimum absolute atomic E-state index is 0.116. The zero-order valence-electron chi connectivity index (χ0n) is 10.7. The molecule has 0 saturated heterocycles. The first kappa shape index (κ1) is 14.6. The van der Waals surface area contributed by atoms with Gasteiger partial charge in [-0.3, -0.25) is 4.72 Å². The molecular formula is C13H18N2O2S. The summed E-state index contributed by atoms with van der Waals surface area (Å²) >= 11 is 0. The molecule has 0 spiro atoms. The maximum absolute atomic E-state index is 11.7. The number of anilines is 1. The van der Waals surface area contributed by atoms with Crippen molar-refractivity contribution in [3.05, 3.63) is 29.3 Å². The van der Waals surface area contributed by atoms with Gasteiger partial charge in [-0.1, -0.05) is 18.8 Å². The van der Waals surface area contributed by atoms with Crippen LogP contribution in [-0.2, 0) is 10.0 Å². The average molecular weight is 266 g/mol. The van der Waals surface area contributed by atoms with Crippen LogP contribution in [-0.4, -0.2) is 20.7 Å². The molecule has 0 saturated carbocycles. The van der Waals surface area contributed by atoms with Gasteiger partial charge in [0, 0.05) is 11.3 Å². The summed E-state index contributed by atoms with van der Waals surface area (Å²) < 4.78 is 25.9. The third kappa shape index (κ3) is 4.78. The number of hydrogen-bond acceptors (Lipinski definition) is 3. The summed E-state index contributed by atoms with van der Waals surface area (Å²) in [5.41, 5.74) is 7.57. The van der Waals surface area contributed by atoms with Crippen LogP contribution in [0, 0.1) is 18.8 Å². The summed E-state index contributed by atoms with van der Waals surface area (Å²) in [5.74, 6) is 5.76. The van der Waals surface area contributed by atoms with Gasteiger partial charge in [-0.2, -0.15) is 0 Å². The van der Waals surface area contributed by atoms with Gasteiger partial charge in [-0.25, -0.2) is 8.42 Å². The molecule has 0 aliphatic carbocycles. The average Bonchev–Trinajstić information content (AvgIpc) is 2.24. The van der Waals surface area contributed by atoms with E-state index < -0.39 is 10.0 Å². The van der Waals surface area contributed by atoms with Crippen molar-refractivity contribution in [3.63, 3.8) is 0 Å². The highest BCUT2D eigenvalue weighted by molar-refractivity contribution is 7.92. The van der Waals surface area contributed by atoms with E-state index in [0.717, 1.165) is 11.1 Å². The van der Waals surface area contributed by atoms with E-state index in [-0.39, 0.29) is 12.3 Å². The number of aryl methyl sites for hydroxylation is 1. The molecule has 0 bridgehead atoms. The van der Waals surface area contributed by atoms with Gasteiger partial charge in [0.15, 0.2) is 0 Å². The van der Waals surface area contributed by atoms with Crippen molar-refractivity contribution in [2.45, 2.75) is 20.3 Å². The van der Waals surface area contributed by atoms with Crippen molar-refractivity contribution in [1.29, 1.82) is 0 Å². The molecule has 0 radical (unpaired) electrons. The zero-order valence-corrected chi connectivity index (χ0v) is 11.5. The van der Waals surface area contributed by atoms with Gasteiger partial charge in [0.2, 0.25) is 10.0 Å². The van der Waals surface area contributed by atoms with E-state index in [2.05, 4.69) is 16.6 Å². The Morgan fingerprint density at radius 2 is 2.06 bits per heavy atom. The van der Waals surface area contributed by atoms with E-state index in [1.54, 1.807) is 12.1 Å². The molecular weight excluding hydrogens is 248 g/mol. The molecule has 0 aliphatic heterocycles. The number of nitrogens with two attached hydrogens (primary N) is 1. The Bertz CT molecular complexity index is 568. The molecule has 18 heavy (non-hydrogen) atoms. The molecule has 3 N–H and O–H groups in total. The lowest BCUT2D eigenvalue weighted by Gasteiger charge is -2.08. The van der Waals surface area contributed by atoms with Crippen LogP contribution in [0.4, 0.5) is 5.69 Å². The van der Waals surface area contributed by atoms with Crippen molar-refractivity contribution in [3.8, 4) is 11.8 Å². The predicted octanol–water partition coefficient (Wildman–Crippen LogP) is 1.46. The van der Waals surface area contributed by atoms with E-state index >= 15 is 0 Å². The van der Waals surface area contributed by atoms with E-state index in [9.17, 15) is 8.42 Å². The normalized spacial score (nSPS) is 10.6. The second kappa shape index (κ2) is 6.43. The Morgan fingerprint density at radius 1 is 1.33 bits per heavy atom. The van der Waals surface area contributed by atoms with Gasteiger partial charge in [-0.15, -0.1) is 0 Å². The quantitative estimate of drug-likeness (QED) is 0.810. The Labute approximate surface area is 109 Å². The number of benzene rings is 1. The van der Waals surface area contributed by atoms with Gasteiger partial charge in [-0.05, 0) is 37.1 Å². The Balaban J connectivity index is 3.00. The van der Waals surface area contributed by atoms with Crippen LogP contribution in [0.2, 0.25) is 0 Å². The van der Waals surface area contributed by atoms with E-state index in [4.69, 9.17) is 5.73 Å². The third-order valence-electron chi connectivity index (χ3n) is 2.16. The summed E-state index contributed by atoms with van der Waals surface area (Å²) in [4.78, 5) is 0. The van der Waals surface area contributed by atoms with Gasteiger partial charge in [0.25, 0.3) is 0 Å². The van der Waals surface area contributed by atoms with Crippen LogP contribution >= 0.6 is 0 Å². The van der Waals surface area contributed by atoms with Crippen LogP contribution in [0.3, 0.4) is 0 Å². The minimum atomic E-state index is -3.26. The molecule has 4 nitrogen and oxygen atoms in total. The van der Waals surface area contributed by atoms with E-state index in [0.29, 0.717) is 12.1 Å². The van der Waals surface area contributed by atoms with E-state index in [1.165, 1.54) is 0 Å². The zero-order chi connectivity index (χ0) is 13.6. The third-order valence-corrected chi connectivity index (χ3v) is 3.65. The lowest BCUT2D eigenvalue weighted by atomic mass is 10.1. The van der Waals surface area contributed by atoms with Crippen molar-refractivity contribution >= 4 is 15.7 Å². The van der Waals surface area contributed by atoms with Gasteiger partial charge < -0.3 is 5.73 Å². The lowest BCUT2D eigenvalue weighted by molar-refractivity contribution is 0.600. The molecule has 0 fully saturated rings. The smallest absolute Gasteiger partial charge is 0.232 e. The van der Waals surface area contributed by atoms with Crippen LogP contribution in [0.25, 0.3) is 0 Å². The molecule has 98 valence electrons. The van der Waals surface area contributed by atoms with Crippen LogP contribution in [0.5, 0.6) is 0 Å². The molecule has 0 aliphatic rings. The summed E-state index contributed by atoms with van der Waals surface area (Å²) in [7, 11) is -3.26. The first-order chi connectivity index (χ1) is 8.46. The predicted molar refractivity (Wildman–Crippen MR) is 74.8 cm³/mol. The highest BCUT2D eigenvalue weighted by Crippen LogP contribution is 2.15. The fraction of sp³-hybridized carbons (Fsp3) is 0.385. The Kier molecular flexibility index (Phi) is 5.20. The first-order valence-electron chi connectivity index (χ1n) is 5.78. The van der Waals surface area contributed by atoms with Gasteiger partial charge >= 0.3 is 0 Å². The molecule has 0 unspecified atom stereocenters. The summed E-state index contributed by atoms with van der Waals surface area (Å²) in [6.45, 7) is 4.00. The van der Waals surface area contributed by atoms with Crippen molar-refractivity contribution < 1.29 is 8.42 Å². The molecule has 5 heteroatoms. The van der Waals surface area contributed by atoms with Crippen molar-refractivity contribution in [2.24, 2.45) is 5.73 Å². The van der Waals surface area contributed by atoms with Crippen LogP contribution in [0.1, 0.15) is 24.5 Å². The molecule has 0 atom stereocenters. The van der Waals surface area contributed by atoms with Crippen molar-refractivity contribution in [2.75, 3.05) is 17.0 Å². The molecule has 0 aromatic heterocycles. The summed E-state index contributed by atoms with van der Waals surface area (Å²) in [6.07, 6.45) is 0.584. The van der Waals surface area contributed by atoms with E-state index in [1.807, 2.05) is 19.9 Å². The fourth-order valence-electron chi connectivity index (χ4n) is 1.57. The molecule has 1 rings (SSSR count). The maximum atomic E-state index is 11.7. The molecule has 1 aromatic carbocycles. The second-order valence-electron chi connectivity index (χ2n) is 4.01. The van der Waals surface area contributed by atoms with Gasteiger partial charge in [0.1, 0.15) is 0 Å².